The first-order valence-corrected chi connectivity index (χ1v) is 7.56. The molecule has 0 aromatic carbocycles. The predicted molar refractivity (Wildman–Crippen MR) is 80.8 cm³/mol. The second-order valence-electron chi connectivity index (χ2n) is 4.96. The fourth-order valence-corrected chi connectivity index (χ4v) is 2.42. The maximum absolute atomic E-state index is 12.5. The standard InChI is InChI=1S/C13H19N5OS/c1-4-5-6-18-12(19)9(7-10(17-18)8(2)3)11-15-16-13(14)20-11/h7-8H,4-6H2,1-3H3,(H2,14,16). The molecule has 0 atom stereocenters. The molecule has 0 amide bonds. The summed E-state index contributed by atoms with van der Waals surface area (Å²) in [7, 11) is 0. The Morgan fingerprint density at radius 1 is 1.40 bits per heavy atom. The summed E-state index contributed by atoms with van der Waals surface area (Å²) < 4.78 is 1.53. The Bertz CT molecular complexity index is 646. The van der Waals surface area contributed by atoms with E-state index in [9.17, 15) is 4.79 Å². The molecule has 108 valence electrons. The summed E-state index contributed by atoms with van der Waals surface area (Å²) in [5.74, 6) is 0.243. The Labute approximate surface area is 121 Å². The molecular formula is C13H19N5OS. The fourth-order valence-electron chi connectivity index (χ4n) is 1.80. The molecule has 2 heterocycles. The van der Waals surface area contributed by atoms with Crippen LogP contribution < -0.4 is 11.3 Å². The lowest BCUT2D eigenvalue weighted by molar-refractivity contribution is 0.528. The van der Waals surface area contributed by atoms with Crippen molar-refractivity contribution in [3.05, 3.63) is 22.1 Å². The summed E-state index contributed by atoms with van der Waals surface area (Å²) in [5.41, 5.74) is 6.89. The maximum atomic E-state index is 12.5. The van der Waals surface area contributed by atoms with E-state index < -0.39 is 0 Å². The average Bonchev–Trinajstić information content (AvgIpc) is 2.83. The number of hydrogen-bond acceptors (Lipinski definition) is 6. The third-order valence-electron chi connectivity index (χ3n) is 2.98. The molecule has 0 aliphatic carbocycles. The van der Waals surface area contributed by atoms with Crippen LogP contribution in [-0.4, -0.2) is 20.0 Å². The zero-order valence-electron chi connectivity index (χ0n) is 12.0. The van der Waals surface area contributed by atoms with Gasteiger partial charge in [0.2, 0.25) is 5.13 Å². The van der Waals surface area contributed by atoms with Crippen molar-refractivity contribution in [2.45, 2.75) is 46.1 Å². The van der Waals surface area contributed by atoms with Gasteiger partial charge in [-0.05, 0) is 18.4 Å². The molecule has 2 rings (SSSR count). The van der Waals surface area contributed by atoms with Crippen LogP contribution in [0.15, 0.2) is 10.9 Å². The third-order valence-corrected chi connectivity index (χ3v) is 3.76. The monoisotopic (exact) mass is 293 g/mol. The van der Waals surface area contributed by atoms with Crippen molar-refractivity contribution in [2.75, 3.05) is 5.73 Å². The first kappa shape index (κ1) is 14.6. The number of nitrogen functional groups attached to an aromatic ring is 1. The third kappa shape index (κ3) is 3.04. The van der Waals surface area contributed by atoms with Gasteiger partial charge in [0.15, 0.2) is 5.01 Å². The lowest BCUT2D eigenvalue weighted by Gasteiger charge is -2.11. The van der Waals surface area contributed by atoms with Crippen LogP contribution in [0.5, 0.6) is 0 Å². The second kappa shape index (κ2) is 6.13. The van der Waals surface area contributed by atoms with Gasteiger partial charge in [-0.3, -0.25) is 4.79 Å². The summed E-state index contributed by atoms with van der Waals surface area (Å²) in [6.45, 7) is 6.81. The molecule has 0 saturated heterocycles. The number of hydrogen-bond donors (Lipinski definition) is 1. The minimum Gasteiger partial charge on any atom is -0.374 e. The molecule has 0 saturated carbocycles. The van der Waals surface area contributed by atoms with Gasteiger partial charge in [0.1, 0.15) is 0 Å². The van der Waals surface area contributed by atoms with Crippen molar-refractivity contribution in [1.29, 1.82) is 0 Å². The molecule has 0 bridgehead atoms. The van der Waals surface area contributed by atoms with E-state index in [0.29, 0.717) is 22.2 Å². The van der Waals surface area contributed by atoms with E-state index in [0.717, 1.165) is 18.5 Å². The molecule has 0 spiro atoms. The van der Waals surface area contributed by atoms with Gasteiger partial charge in [-0.2, -0.15) is 5.10 Å². The first-order chi connectivity index (χ1) is 9.52. The van der Waals surface area contributed by atoms with Gasteiger partial charge in [0, 0.05) is 6.54 Å². The summed E-state index contributed by atoms with van der Waals surface area (Å²) in [4.78, 5) is 12.5. The Morgan fingerprint density at radius 3 is 2.70 bits per heavy atom. The normalized spacial score (nSPS) is 11.2. The summed E-state index contributed by atoms with van der Waals surface area (Å²) in [5, 5.41) is 13.1. The van der Waals surface area contributed by atoms with E-state index in [2.05, 4.69) is 36.1 Å². The Balaban J connectivity index is 2.54. The van der Waals surface area contributed by atoms with Crippen LogP contribution in [-0.2, 0) is 6.54 Å². The SMILES string of the molecule is CCCCn1nc(C(C)C)cc(-c2nnc(N)s2)c1=O. The van der Waals surface area contributed by atoms with Crippen molar-refractivity contribution < 1.29 is 0 Å². The molecule has 20 heavy (non-hydrogen) atoms. The summed E-state index contributed by atoms with van der Waals surface area (Å²) in [6, 6.07) is 1.80. The van der Waals surface area contributed by atoms with Crippen LogP contribution in [0.2, 0.25) is 0 Å². The van der Waals surface area contributed by atoms with E-state index in [1.54, 1.807) is 6.07 Å². The zero-order valence-corrected chi connectivity index (χ0v) is 12.8. The van der Waals surface area contributed by atoms with Crippen molar-refractivity contribution in [3.8, 4) is 10.6 Å². The first-order valence-electron chi connectivity index (χ1n) is 6.74. The molecule has 0 aliphatic heterocycles. The molecule has 2 aromatic rings. The van der Waals surface area contributed by atoms with Gasteiger partial charge in [0.25, 0.3) is 5.56 Å². The van der Waals surface area contributed by atoms with Crippen LogP contribution in [0, 0.1) is 0 Å². The van der Waals surface area contributed by atoms with Crippen LogP contribution in [0.1, 0.15) is 45.2 Å². The lowest BCUT2D eigenvalue weighted by atomic mass is 10.1. The molecule has 0 aliphatic rings. The quantitative estimate of drug-likeness (QED) is 0.913. The fraction of sp³-hybridized carbons (Fsp3) is 0.538. The van der Waals surface area contributed by atoms with Gasteiger partial charge < -0.3 is 5.73 Å². The minimum atomic E-state index is -0.126. The van der Waals surface area contributed by atoms with Crippen molar-refractivity contribution in [2.24, 2.45) is 0 Å². The van der Waals surface area contributed by atoms with Gasteiger partial charge in [-0.15, -0.1) is 10.2 Å². The molecular weight excluding hydrogens is 274 g/mol. The number of aromatic nitrogens is 4. The highest BCUT2D eigenvalue weighted by Crippen LogP contribution is 2.23. The molecule has 7 heteroatoms. The topological polar surface area (TPSA) is 86.7 Å². The van der Waals surface area contributed by atoms with E-state index in [-0.39, 0.29) is 11.5 Å². The molecule has 2 aromatic heterocycles. The summed E-state index contributed by atoms with van der Waals surface area (Å²) >= 11 is 1.22. The van der Waals surface area contributed by atoms with Crippen LogP contribution in [0.3, 0.4) is 0 Å². The maximum Gasteiger partial charge on any atom is 0.277 e. The number of aryl methyl sites for hydroxylation is 1. The average molecular weight is 293 g/mol. The highest BCUT2D eigenvalue weighted by atomic mass is 32.1. The second-order valence-corrected chi connectivity index (χ2v) is 5.97. The summed E-state index contributed by atoms with van der Waals surface area (Å²) in [6.07, 6.45) is 1.94. The number of anilines is 1. The highest BCUT2D eigenvalue weighted by Gasteiger charge is 2.15. The number of nitrogens with two attached hydrogens (primary N) is 1. The van der Waals surface area contributed by atoms with Crippen molar-refractivity contribution >= 4 is 16.5 Å². The lowest BCUT2D eigenvalue weighted by Crippen LogP contribution is -2.26. The zero-order chi connectivity index (χ0) is 14.7. The molecule has 0 radical (unpaired) electrons. The van der Waals surface area contributed by atoms with E-state index in [4.69, 9.17) is 5.73 Å². The molecule has 2 N–H and O–H groups in total. The van der Waals surface area contributed by atoms with Gasteiger partial charge in [0.05, 0.1) is 11.3 Å². The Morgan fingerprint density at radius 2 is 2.15 bits per heavy atom. The molecule has 6 nitrogen and oxygen atoms in total. The predicted octanol–water partition coefficient (Wildman–Crippen LogP) is 2.27. The Kier molecular flexibility index (Phi) is 4.49. The number of nitrogens with zero attached hydrogens (tertiary/aromatic N) is 4. The van der Waals surface area contributed by atoms with Crippen LogP contribution in [0.4, 0.5) is 5.13 Å². The smallest absolute Gasteiger partial charge is 0.277 e. The molecule has 0 fully saturated rings. The van der Waals surface area contributed by atoms with Crippen LogP contribution >= 0.6 is 11.3 Å². The van der Waals surface area contributed by atoms with Crippen molar-refractivity contribution in [1.82, 2.24) is 20.0 Å². The largest absolute Gasteiger partial charge is 0.374 e. The van der Waals surface area contributed by atoms with Gasteiger partial charge in [-0.1, -0.05) is 38.5 Å². The Hall–Kier alpha value is -1.76. The van der Waals surface area contributed by atoms with Gasteiger partial charge in [-0.25, -0.2) is 4.68 Å². The number of rotatable bonds is 5. The van der Waals surface area contributed by atoms with E-state index in [1.165, 1.54) is 16.0 Å². The highest BCUT2D eigenvalue weighted by molar-refractivity contribution is 7.18. The minimum absolute atomic E-state index is 0.126. The van der Waals surface area contributed by atoms with Crippen LogP contribution in [0.25, 0.3) is 10.6 Å². The van der Waals surface area contributed by atoms with Gasteiger partial charge >= 0.3 is 0 Å². The number of unbranched alkanes of at least 4 members (excludes halogenated alkanes) is 1. The van der Waals surface area contributed by atoms with E-state index in [1.807, 2.05) is 0 Å². The van der Waals surface area contributed by atoms with E-state index >= 15 is 0 Å². The molecule has 0 unspecified atom stereocenters. The van der Waals surface area contributed by atoms with Crippen molar-refractivity contribution in [3.63, 3.8) is 0 Å².